The Morgan fingerprint density at radius 2 is 1.91 bits per heavy atom. The van der Waals surface area contributed by atoms with Crippen molar-refractivity contribution in [3.05, 3.63) is 17.7 Å². The maximum Gasteiger partial charge on any atom is 0.271 e. The number of nitrogens with zero attached hydrogens (tertiary/aromatic N) is 3. The number of piperidine rings is 1. The molecule has 1 aliphatic carbocycles. The Kier molecular flexibility index (Phi) is 3.83. The lowest BCUT2D eigenvalue weighted by atomic mass is 9.94. The summed E-state index contributed by atoms with van der Waals surface area (Å²) in [6.07, 6.45) is 8.96. The van der Waals surface area contributed by atoms with E-state index in [0.717, 1.165) is 57.3 Å². The number of hydrogen-bond donors (Lipinski definition) is 1. The number of carbonyl (C=O) groups excluding carboxylic acids is 2. The largest absolute Gasteiger partial charge is 0.348 e. The molecule has 1 N–H and O–H groups in total. The number of carbonyl (C=O) groups is 2. The topological polar surface area (TPSA) is 67.2 Å². The smallest absolute Gasteiger partial charge is 0.271 e. The molecule has 4 rings (SSSR count). The second kappa shape index (κ2) is 5.98. The predicted octanol–water partition coefficient (Wildman–Crippen LogP) is 1.35. The van der Waals surface area contributed by atoms with Crippen LogP contribution in [0.2, 0.25) is 0 Å². The zero-order valence-corrected chi connectivity index (χ0v) is 13.5. The first kappa shape index (κ1) is 14.7. The van der Waals surface area contributed by atoms with Crippen LogP contribution in [0.15, 0.2) is 6.33 Å². The van der Waals surface area contributed by atoms with E-state index in [2.05, 4.69) is 10.3 Å². The lowest BCUT2D eigenvalue weighted by molar-refractivity contribution is -0.137. The van der Waals surface area contributed by atoms with Crippen LogP contribution >= 0.6 is 0 Å². The zero-order valence-electron chi connectivity index (χ0n) is 13.5. The van der Waals surface area contributed by atoms with Gasteiger partial charge in [-0.2, -0.15) is 0 Å². The highest BCUT2D eigenvalue weighted by molar-refractivity contribution is 5.94. The van der Waals surface area contributed by atoms with Crippen LogP contribution < -0.4 is 5.32 Å². The van der Waals surface area contributed by atoms with Crippen LogP contribution in [0.3, 0.4) is 0 Å². The number of amides is 2. The second-order valence-electron chi connectivity index (χ2n) is 7.06. The Hall–Kier alpha value is -1.85. The average molecular weight is 316 g/mol. The fourth-order valence-electron chi connectivity index (χ4n) is 3.71. The van der Waals surface area contributed by atoms with Gasteiger partial charge in [0.05, 0.1) is 17.9 Å². The van der Waals surface area contributed by atoms with Crippen LogP contribution in [-0.2, 0) is 17.8 Å². The van der Waals surface area contributed by atoms with Crippen LogP contribution in [0.1, 0.15) is 54.7 Å². The van der Waals surface area contributed by atoms with Crippen molar-refractivity contribution in [2.75, 3.05) is 13.1 Å². The van der Waals surface area contributed by atoms with Crippen molar-refractivity contribution < 1.29 is 9.59 Å². The molecule has 6 heteroatoms. The number of rotatable bonds is 3. The van der Waals surface area contributed by atoms with Crippen LogP contribution in [0.4, 0.5) is 0 Å². The number of imidazole rings is 1. The van der Waals surface area contributed by atoms with E-state index in [1.54, 1.807) is 6.33 Å². The minimum atomic E-state index is -0.0537. The summed E-state index contributed by atoms with van der Waals surface area (Å²) < 4.78 is 2.01. The third-order valence-electron chi connectivity index (χ3n) is 5.24. The van der Waals surface area contributed by atoms with Crippen molar-refractivity contribution in [3.8, 4) is 0 Å². The first-order chi connectivity index (χ1) is 11.2. The molecule has 3 aliphatic rings. The molecule has 124 valence electrons. The summed E-state index contributed by atoms with van der Waals surface area (Å²) in [5.41, 5.74) is 1.55. The number of hydrogen-bond acceptors (Lipinski definition) is 3. The Labute approximate surface area is 136 Å². The minimum Gasteiger partial charge on any atom is -0.348 e. The van der Waals surface area contributed by atoms with Crippen molar-refractivity contribution >= 4 is 11.8 Å². The van der Waals surface area contributed by atoms with E-state index in [0.29, 0.717) is 18.3 Å². The highest BCUT2D eigenvalue weighted by Gasteiger charge is 2.32. The summed E-state index contributed by atoms with van der Waals surface area (Å²) in [5.74, 6) is 0.268. The first-order valence-electron chi connectivity index (χ1n) is 8.86. The van der Waals surface area contributed by atoms with Crippen LogP contribution in [0.5, 0.6) is 0 Å². The maximum atomic E-state index is 12.7. The molecular formula is C17H24N4O2. The van der Waals surface area contributed by atoms with Gasteiger partial charge in [-0.05, 0) is 44.9 Å². The standard InChI is InChI=1S/C17H24N4O2/c22-16(19-13-5-6-13)15-14-7-4-12(10-21(14)11-18-15)17(23)20-8-2-1-3-9-20/h11-13H,1-10H2,(H,19,22). The van der Waals surface area contributed by atoms with Gasteiger partial charge in [0.2, 0.25) is 5.91 Å². The number of aromatic nitrogens is 2. The third-order valence-corrected chi connectivity index (χ3v) is 5.24. The van der Waals surface area contributed by atoms with E-state index >= 15 is 0 Å². The van der Waals surface area contributed by atoms with E-state index in [1.807, 2.05) is 9.47 Å². The molecule has 2 amide bonds. The Morgan fingerprint density at radius 3 is 2.65 bits per heavy atom. The summed E-state index contributed by atoms with van der Waals surface area (Å²) in [5, 5.41) is 3.00. The molecule has 1 aromatic heterocycles. The lowest BCUT2D eigenvalue weighted by Crippen LogP contribution is -2.42. The Balaban J connectivity index is 1.44. The van der Waals surface area contributed by atoms with Gasteiger partial charge in [0.15, 0.2) is 0 Å². The summed E-state index contributed by atoms with van der Waals surface area (Å²) >= 11 is 0. The summed E-state index contributed by atoms with van der Waals surface area (Å²) in [6, 6.07) is 0.344. The molecule has 1 unspecified atom stereocenters. The minimum absolute atomic E-state index is 0.0362. The van der Waals surface area contributed by atoms with Gasteiger partial charge in [0.1, 0.15) is 5.69 Å². The van der Waals surface area contributed by atoms with Gasteiger partial charge in [-0.25, -0.2) is 4.98 Å². The van der Waals surface area contributed by atoms with E-state index in [1.165, 1.54) is 6.42 Å². The normalized spacial score (nSPS) is 24.2. The van der Waals surface area contributed by atoms with Crippen molar-refractivity contribution in [1.82, 2.24) is 19.8 Å². The molecule has 0 spiro atoms. The quantitative estimate of drug-likeness (QED) is 0.915. The van der Waals surface area contributed by atoms with Gasteiger partial charge in [-0.1, -0.05) is 0 Å². The van der Waals surface area contributed by atoms with E-state index < -0.39 is 0 Å². The maximum absolute atomic E-state index is 12.7. The Morgan fingerprint density at radius 1 is 1.13 bits per heavy atom. The number of nitrogens with one attached hydrogen (secondary N) is 1. The molecule has 1 saturated carbocycles. The monoisotopic (exact) mass is 316 g/mol. The molecule has 2 aliphatic heterocycles. The lowest BCUT2D eigenvalue weighted by Gasteiger charge is -2.32. The highest BCUT2D eigenvalue weighted by Crippen LogP contribution is 2.26. The van der Waals surface area contributed by atoms with E-state index in [9.17, 15) is 9.59 Å². The van der Waals surface area contributed by atoms with Crippen LogP contribution in [0.25, 0.3) is 0 Å². The van der Waals surface area contributed by atoms with E-state index in [-0.39, 0.29) is 17.7 Å². The van der Waals surface area contributed by atoms with Gasteiger partial charge in [0.25, 0.3) is 5.91 Å². The van der Waals surface area contributed by atoms with Crippen LogP contribution in [0, 0.1) is 5.92 Å². The summed E-state index contributed by atoms with van der Waals surface area (Å²) in [4.78, 5) is 31.2. The summed E-state index contributed by atoms with van der Waals surface area (Å²) in [7, 11) is 0. The van der Waals surface area contributed by atoms with Crippen molar-refractivity contribution in [2.24, 2.45) is 5.92 Å². The molecule has 0 bridgehead atoms. The van der Waals surface area contributed by atoms with Crippen molar-refractivity contribution in [1.29, 1.82) is 0 Å². The molecule has 3 heterocycles. The molecule has 0 aromatic carbocycles. The third kappa shape index (κ3) is 2.99. The van der Waals surface area contributed by atoms with E-state index in [4.69, 9.17) is 0 Å². The fraction of sp³-hybridized carbons (Fsp3) is 0.706. The second-order valence-corrected chi connectivity index (χ2v) is 7.06. The van der Waals surface area contributed by atoms with Crippen molar-refractivity contribution in [3.63, 3.8) is 0 Å². The SMILES string of the molecule is O=C(NC1CC1)c1ncn2c1CCC(C(=O)N1CCCCC1)C2. The molecular weight excluding hydrogens is 292 g/mol. The molecule has 1 atom stereocenters. The summed E-state index contributed by atoms with van der Waals surface area (Å²) in [6.45, 7) is 2.47. The van der Waals surface area contributed by atoms with Gasteiger partial charge >= 0.3 is 0 Å². The van der Waals surface area contributed by atoms with Gasteiger partial charge < -0.3 is 14.8 Å². The number of likely N-dealkylation sites (tertiary alicyclic amines) is 1. The molecule has 1 saturated heterocycles. The fourth-order valence-corrected chi connectivity index (χ4v) is 3.71. The molecule has 23 heavy (non-hydrogen) atoms. The first-order valence-corrected chi connectivity index (χ1v) is 8.86. The van der Waals surface area contributed by atoms with Gasteiger partial charge in [-0.15, -0.1) is 0 Å². The molecule has 2 fully saturated rings. The van der Waals surface area contributed by atoms with Gasteiger partial charge in [-0.3, -0.25) is 9.59 Å². The predicted molar refractivity (Wildman–Crippen MR) is 85.0 cm³/mol. The highest BCUT2D eigenvalue weighted by atomic mass is 16.2. The molecule has 1 aromatic rings. The molecule has 0 radical (unpaired) electrons. The van der Waals surface area contributed by atoms with Crippen LogP contribution in [-0.4, -0.2) is 45.4 Å². The Bertz CT molecular complexity index is 614. The van der Waals surface area contributed by atoms with Crippen molar-refractivity contribution in [2.45, 2.75) is 57.5 Å². The number of fused-ring (bicyclic) bond motifs is 1. The average Bonchev–Trinajstić information content (AvgIpc) is 3.30. The van der Waals surface area contributed by atoms with Gasteiger partial charge in [0, 0.05) is 25.7 Å². The zero-order chi connectivity index (χ0) is 15.8. The molecule has 6 nitrogen and oxygen atoms in total.